The SMILES string of the molecule is CCCCCCOC(=O)c1ccc(C(N)=C2C(=O)OC(C)(C)OC2=O)cc1. The second kappa shape index (κ2) is 8.70. The Balaban J connectivity index is 2.07. The van der Waals surface area contributed by atoms with Gasteiger partial charge in [-0.05, 0) is 24.1 Å². The maximum absolute atomic E-state index is 12.1. The molecule has 0 saturated carbocycles. The number of unbranched alkanes of at least 4 members (excludes halogenated alkanes) is 3. The number of nitrogens with two attached hydrogens (primary N) is 1. The van der Waals surface area contributed by atoms with Crippen molar-refractivity contribution in [1.29, 1.82) is 0 Å². The molecule has 0 bridgehead atoms. The minimum Gasteiger partial charge on any atom is -0.462 e. The summed E-state index contributed by atoms with van der Waals surface area (Å²) in [5, 5.41) is 0. The molecule has 0 radical (unpaired) electrons. The van der Waals surface area contributed by atoms with Crippen LogP contribution in [0.1, 0.15) is 62.4 Å². The van der Waals surface area contributed by atoms with Gasteiger partial charge in [-0.2, -0.15) is 0 Å². The molecule has 146 valence electrons. The molecule has 7 nitrogen and oxygen atoms in total. The van der Waals surface area contributed by atoms with Crippen LogP contribution in [-0.2, 0) is 23.8 Å². The molecule has 2 rings (SSSR count). The summed E-state index contributed by atoms with van der Waals surface area (Å²) in [5.41, 5.74) is 6.29. The Labute approximate surface area is 158 Å². The van der Waals surface area contributed by atoms with Crippen molar-refractivity contribution < 1.29 is 28.6 Å². The lowest BCUT2D eigenvalue weighted by atomic mass is 10.0. The summed E-state index contributed by atoms with van der Waals surface area (Å²) in [6.45, 7) is 5.40. The zero-order valence-corrected chi connectivity index (χ0v) is 15.9. The van der Waals surface area contributed by atoms with E-state index < -0.39 is 23.7 Å². The van der Waals surface area contributed by atoms with Crippen LogP contribution in [0.3, 0.4) is 0 Å². The van der Waals surface area contributed by atoms with Crippen molar-refractivity contribution in [3.8, 4) is 0 Å². The fourth-order valence-electron chi connectivity index (χ4n) is 2.58. The molecule has 1 saturated heterocycles. The van der Waals surface area contributed by atoms with E-state index in [9.17, 15) is 14.4 Å². The molecule has 7 heteroatoms. The van der Waals surface area contributed by atoms with Gasteiger partial charge in [-0.25, -0.2) is 14.4 Å². The molecule has 0 unspecified atom stereocenters. The molecule has 1 fully saturated rings. The van der Waals surface area contributed by atoms with Crippen LogP contribution in [0.25, 0.3) is 5.70 Å². The summed E-state index contributed by atoms with van der Waals surface area (Å²) >= 11 is 0. The molecule has 1 aliphatic heterocycles. The highest BCUT2D eigenvalue weighted by atomic mass is 16.7. The highest BCUT2D eigenvalue weighted by Gasteiger charge is 2.40. The fraction of sp³-hybridized carbons (Fsp3) is 0.450. The highest BCUT2D eigenvalue weighted by Crippen LogP contribution is 2.26. The average Bonchev–Trinajstić information content (AvgIpc) is 2.59. The van der Waals surface area contributed by atoms with Crippen LogP contribution >= 0.6 is 0 Å². The number of hydrogen-bond donors (Lipinski definition) is 1. The monoisotopic (exact) mass is 375 g/mol. The van der Waals surface area contributed by atoms with Crippen LogP contribution in [-0.4, -0.2) is 30.3 Å². The van der Waals surface area contributed by atoms with Crippen LogP contribution in [0.4, 0.5) is 0 Å². The normalized spacial score (nSPS) is 15.7. The highest BCUT2D eigenvalue weighted by molar-refractivity contribution is 6.20. The van der Waals surface area contributed by atoms with Gasteiger partial charge in [-0.15, -0.1) is 0 Å². The second-order valence-electron chi connectivity index (χ2n) is 6.74. The minimum absolute atomic E-state index is 0.0695. The molecule has 1 aromatic rings. The van der Waals surface area contributed by atoms with Crippen molar-refractivity contribution in [3.63, 3.8) is 0 Å². The van der Waals surface area contributed by atoms with E-state index in [1.807, 2.05) is 0 Å². The predicted octanol–water partition coefficient (Wildman–Crippen LogP) is 2.93. The maximum atomic E-state index is 12.1. The van der Waals surface area contributed by atoms with Crippen molar-refractivity contribution in [1.82, 2.24) is 0 Å². The van der Waals surface area contributed by atoms with E-state index in [-0.39, 0.29) is 11.3 Å². The largest absolute Gasteiger partial charge is 0.462 e. The van der Waals surface area contributed by atoms with Crippen molar-refractivity contribution in [2.45, 2.75) is 52.2 Å². The zero-order chi connectivity index (χ0) is 20.0. The molecule has 0 aliphatic carbocycles. The summed E-state index contributed by atoms with van der Waals surface area (Å²) in [6, 6.07) is 6.13. The van der Waals surface area contributed by atoms with Crippen LogP contribution in [0.5, 0.6) is 0 Å². The van der Waals surface area contributed by atoms with Crippen LogP contribution in [0.15, 0.2) is 29.8 Å². The van der Waals surface area contributed by atoms with E-state index >= 15 is 0 Å². The molecular weight excluding hydrogens is 350 g/mol. The molecule has 0 aromatic heterocycles. The Bertz CT molecular complexity index is 726. The molecule has 27 heavy (non-hydrogen) atoms. The number of cyclic esters (lactones) is 2. The van der Waals surface area contributed by atoms with Gasteiger partial charge in [0.05, 0.1) is 17.9 Å². The van der Waals surface area contributed by atoms with Gasteiger partial charge in [0.25, 0.3) is 5.79 Å². The van der Waals surface area contributed by atoms with Gasteiger partial charge in [0.1, 0.15) is 0 Å². The van der Waals surface area contributed by atoms with Crippen molar-refractivity contribution in [2.24, 2.45) is 5.73 Å². The Morgan fingerprint density at radius 1 is 1.00 bits per heavy atom. The summed E-state index contributed by atoms with van der Waals surface area (Å²) in [6.07, 6.45) is 4.08. The van der Waals surface area contributed by atoms with Gasteiger partial charge < -0.3 is 19.9 Å². The molecule has 0 spiro atoms. The van der Waals surface area contributed by atoms with Crippen molar-refractivity contribution >= 4 is 23.6 Å². The lowest BCUT2D eigenvalue weighted by Crippen LogP contribution is -2.42. The topological polar surface area (TPSA) is 105 Å². The standard InChI is InChI=1S/C20H25NO6/c1-4-5-6-7-12-25-17(22)14-10-8-13(9-11-14)16(21)15-18(23)26-20(2,3)27-19(15)24/h8-11H,4-7,12,21H2,1-3H3. The third-order valence-electron chi connectivity index (χ3n) is 4.02. The van der Waals surface area contributed by atoms with E-state index in [1.54, 1.807) is 0 Å². The zero-order valence-electron chi connectivity index (χ0n) is 15.9. The first-order valence-electron chi connectivity index (χ1n) is 8.99. The third kappa shape index (κ3) is 5.32. The van der Waals surface area contributed by atoms with Crippen molar-refractivity contribution in [2.75, 3.05) is 6.61 Å². The van der Waals surface area contributed by atoms with Gasteiger partial charge in [-0.1, -0.05) is 38.3 Å². The van der Waals surface area contributed by atoms with E-state index in [1.165, 1.54) is 38.1 Å². The maximum Gasteiger partial charge on any atom is 0.351 e. The van der Waals surface area contributed by atoms with Gasteiger partial charge in [0, 0.05) is 13.8 Å². The van der Waals surface area contributed by atoms with Gasteiger partial charge >= 0.3 is 17.9 Å². The van der Waals surface area contributed by atoms with Crippen LogP contribution in [0, 0.1) is 0 Å². The molecule has 1 aromatic carbocycles. The molecule has 0 amide bonds. The van der Waals surface area contributed by atoms with Gasteiger partial charge in [0.15, 0.2) is 5.57 Å². The van der Waals surface area contributed by atoms with Gasteiger partial charge in [0.2, 0.25) is 0 Å². The number of ether oxygens (including phenoxy) is 3. The lowest BCUT2D eigenvalue weighted by molar-refractivity contribution is -0.222. The first kappa shape index (κ1) is 20.5. The molecule has 1 aliphatic rings. The first-order chi connectivity index (χ1) is 12.7. The smallest absolute Gasteiger partial charge is 0.351 e. The van der Waals surface area contributed by atoms with E-state index in [0.29, 0.717) is 17.7 Å². The number of hydrogen-bond acceptors (Lipinski definition) is 7. The minimum atomic E-state index is -1.33. The molecule has 0 atom stereocenters. The van der Waals surface area contributed by atoms with E-state index in [0.717, 1.165) is 25.7 Å². The average molecular weight is 375 g/mol. The number of rotatable bonds is 7. The Morgan fingerprint density at radius 2 is 1.56 bits per heavy atom. The number of benzene rings is 1. The van der Waals surface area contributed by atoms with Crippen molar-refractivity contribution in [3.05, 3.63) is 41.0 Å². The quantitative estimate of drug-likeness (QED) is 0.338. The number of esters is 3. The Hall–Kier alpha value is -2.83. The van der Waals surface area contributed by atoms with Crippen LogP contribution < -0.4 is 5.73 Å². The summed E-state index contributed by atoms with van der Waals surface area (Å²) in [4.78, 5) is 36.2. The van der Waals surface area contributed by atoms with E-state index in [2.05, 4.69) is 6.92 Å². The molecule has 1 heterocycles. The fourth-order valence-corrected chi connectivity index (χ4v) is 2.58. The third-order valence-corrected chi connectivity index (χ3v) is 4.02. The molecule has 2 N–H and O–H groups in total. The van der Waals surface area contributed by atoms with E-state index in [4.69, 9.17) is 19.9 Å². The molecular formula is C20H25NO6. The summed E-state index contributed by atoms with van der Waals surface area (Å²) in [5.74, 6) is -3.45. The number of carbonyl (C=O) groups is 3. The predicted molar refractivity (Wildman–Crippen MR) is 98.2 cm³/mol. The first-order valence-corrected chi connectivity index (χ1v) is 8.99. The van der Waals surface area contributed by atoms with Gasteiger partial charge in [-0.3, -0.25) is 0 Å². The number of carbonyl (C=O) groups excluding carboxylic acids is 3. The second-order valence-corrected chi connectivity index (χ2v) is 6.74. The summed E-state index contributed by atoms with van der Waals surface area (Å²) < 4.78 is 15.3. The Kier molecular flexibility index (Phi) is 6.60. The summed E-state index contributed by atoms with van der Waals surface area (Å²) in [7, 11) is 0. The Morgan fingerprint density at radius 3 is 2.11 bits per heavy atom. The lowest BCUT2D eigenvalue weighted by Gasteiger charge is -2.30. The van der Waals surface area contributed by atoms with Crippen LogP contribution in [0.2, 0.25) is 0 Å².